The van der Waals surface area contributed by atoms with Crippen molar-refractivity contribution < 1.29 is 18.4 Å². The van der Waals surface area contributed by atoms with Crippen LogP contribution in [-0.2, 0) is 18.4 Å². The Kier molecular flexibility index (Phi) is 5.73. The molecule has 1 atom stereocenters. The highest BCUT2D eigenvalue weighted by molar-refractivity contribution is 7.72. The molecule has 0 radical (unpaired) electrons. The van der Waals surface area contributed by atoms with Gasteiger partial charge < -0.3 is 9.05 Å². The molecule has 0 heterocycles. The van der Waals surface area contributed by atoms with Crippen molar-refractivity contribution in [3.8, 4) is 0 Å². The van der Waals surface area contributed by atoms with Gasteiger partial charge in [-0.15, -0.1) is 0 Å². The molecule has 1 rings (SSSR count). The molecule has 0 aliphatic heterocycles. The van der Waals surface area contributed by atoms with Crippen molar-refractivity contribution in [2.75, 3.05) is 13.2 Å². The zero-order chi connectivity index (χ0) is 13.6. The molecule has 18 heavy (non-hydrogen) atoms. The molecule has 1 aromatic carbocycles. The molecular weight excluding hydrogens is 251 g/mol. The number of carbonyl (C=O) groups is 1. The molecule has 0 fully saturated rings. The van der Waals surface area contributed by atoms with Gasteiger partial charge in [-0.2, -0.15) is 0 Å². The molecule has 0 aromatic heterocycles. The fourth-order valence-electron chi connectivity index (χ4n) is 1.63. The van der Waals surface area contributed by atoms with Crippen LogP contribution in [0.25, 0.3) is 0 Å². The van der Waals surface area contributed by atoms with Crippen LogP contribution in [0.4, 0.5) is 0 Å². The van der Waals surface area contributed by atoms with Crippen LogP contribution in [0.3, 0.4) is 0 Å². The summed E-state index contributed by atoms with van der Waals surface area (Å²) >= 11 is 0. The Hall–Kier alpha value is -0.960. The highest BCUT2D eigenvalue weighted by atomic mass is 31.2. The smallest absolute Gasteiger partial charge is 0.303 e. The van der Waals surface area contributed by atoms with Crippen LogP contribution in [0.5, 0.6) is 0 Å². The van der Waals surface area contributed by atoms with E-state index in [1.54, 1.807) is 20.8 Å². The number of carbonyl (C=O) groups excluding carboxylic acids is 1. The fraction of sp³-hybridized carbons (Fsp3) is 0.462. The van der Waals surface area contributed by atoms with Crippen LogP contribution in [0.2, 0.25) is 0 Å². The minimum Gasteiger partial charge on any atom is -0.303 e. The molecule has 0 saturated heterocycles. The lowest BCUT2D eigenvalue weighted by Crippen LogP contribution is -2.13. The van der Waals surface area contributed by atoms with Crippen molar-refractivity contribution in [1.82, 2.24) is 0 Å². The monoisotopic (exact) mass is 270 g/mol. The average molecular weight is 270 g/mol. The van der Waals surface area contributed by atoms with Gasteiger partial charge in [0, 0.05) is 0 Å². The van der Waals surface area contributed by atoms with Crippen molar-refractivity contribution in [3.63, 3.8) is 0 Å². The van der Waals surface area contributed by atoms with Crippen molar-refractivity contribution >= 4 is 13.1 Å². The van der Waals surface area contributed by atoms with Crippen LogP contribution >= 0.6 is 7.60 Å². The van der Waals surface area contributed by atoms with Gasteiger partial charge in [0.2, 0.25) is 0 Å². The fourth-order valence-corrected chi connectivity index (χ4v) is 3.26. The van der Waals surface area contributed by atoms with Crippen molar-refractivity contribution in [2.45, 2.75) is 26.7 Å². The molecule has 1 unspecified atom stereocenters. The molecule has 0 spiro atoms. The van der Waals surface area contributed by atoms with Gasteiger partial charge in [0.25, 0.3) is 5.52 Å². The molecule has 0 N–H and O–H groups in total. The molecule has 0 aliphatic carbocycles. The summed E-state index contributed by atoms with van der Waals surface area (Å²) in [6.07, 6.45) is 0. The van der Waals surface area contributed by atoms with Gasteiger partial charge in [0.15, 0.2) is 0 Å². The van der Waals surface area contributed by atoms with Crippen molar-refractivity contribution in [1.29, 1.82) is 0 Å². The van der Waals surface area contributed by atoms with Gasteiger partial charge in [-0.05, 0) is 19.4 Å². The number of hydrogen-bond acceptors (Lipinski definition) is 4. The molecule has 4 nitrogen and oxygen atoms in total. The maximum absolute atomic E-state index is 12.3. The third kappa shape index (κ3) is 3.52. The van der Waals surface area contributed by atoms with E-state index >= 15 is 0 Å². The second-order valence-corrected chi connectivity index (χ2v) is 5.76. The van der Waals surface area contributed by atoms with E-state index in [1.165, 1.54) is 0 Å². The molecule has 0 bridgehead atoms. The Labute approximate surface area is 108 Å². The lowest BCUT2D eigenvalue weighted by atomic mass is 10.0. The SMILES string of the molecule is CCOP(=O)(OCC)C(=O)C(C)c1ccccc1. The predicted octanol–water partition coefficient (Wildman–Crippen LogP) is 3.58. The van der Waals surface area contributed by atoms with E-state index in [9.17, 15) is 9.36 Å². The first-order valence-corrected chi connectivity index (χ1v) is 7.58. The second-order valence-electron chi connectivity index (χ2n) is 3.80. The summed E-state index contributed by atoms with van der Waals surface area (Å²) in [6, 6.07) is 9.19. The van der Waals surface area contributed by atoms with Gasteiger partial charge in [0.05, 0.1) is 19.1 Å². The molecule has 100 valence electrons. The Morgan fingerprint density at radius 2 is 1.67 bits per heavy atom. The highest BCUT2D eigenvalue weighted by Crippen LogP contribution is 2.52. The van der Waals surface area contributed by atoms with E-state index < -0.39 is 19.0 Å². The molecule has 0 saturated carbocycles. The third-order valence-electron chi connectivity index (χ3n) is 2.54. The summed E-state index contributed by atoms with van der Waals surface area (Å²) in [5.41, 5.74) is 0.319. The minimum absolute atomic E-state index is 0.185. The summed E-state index contributed by atoms with van der Waals surface area (Å²) in [7, 11) is -3.67. The van der Waals surface area contributed by atoms with E-state index in [4.69, 9.17) is 9.05 Å². The van der Waals surface area contributed by atoms with Gasteiger partial charge in [-0.3, -0.25) is 9.36 Å². The minimum atomic E-state index is -3.67. The van der Waals surface area contributed by atoms with E-state index in [-0.39, 0.29) is 13.2 Å². The molecule has 0 aliphatic rings. The number of hydrogen-bond donors (Lipinski definition) is 0. The summed E-state index contributed by atoms with van der Waals surface area (Å²) in [6.45, 7) is 5.45. The number of rotatable bonds is 7. The normalized spacial score (nSPS) is 13.3. The van der Waals surface area contributed by atoms with Crippen LogP contribution in [0, 0.1) is 0 Å². The summed E-state index contributed by atoms with van der Waals surface area (Å²) in [5, 5.41) is 0. The van der Waals surface area contributed by atoms with Gasteiger partial charge in [-0.1, -0.05) is 37.3 Å². The Bertz CT molecular complexity index is 420. The Morgan fingerprint density at radius 1 is 1.17 bits per heavy atom. The first-order chi connectivity index (χ1) is 8.55. The first-order valence-electron chi connectivity index (χ1n) is 6.03. The van der Waals surface area contributed by atoms with E-state index in [0.717, 1.165) is 5.56 Å². The van der Waals surface area contributed by atoms with Gasteiger partial charge >= 0.3 is 7.60 Å². The van der Waals surface area contributed by atoms with E-state index in [0.29, 0.717) is 0 Å². The topological polar surface area (TPSA) is 52.6 Å². The predicted molar refractivity (Wildman–Crippen MR) is 70.7 cm³/mol. The van der Waals surface area contributed by atoms with Crippen molar-refractivity contribution in [2.24, 2.45) is 0 Å². The van der Waals surface area contributed by atoms with E-state index in [1.807, 2.05) is 30.3 Å². The zero-order valence-corrected chi connectivity index (χ0v) is 11.9. The molecule has 1 aromatic rings. The van der Waals surface area contributed by atoms with Crippen molar-refractivity contribution in [3.05, 3.63) is 35.9 Å². The summed E-state index contributed by atoms with van der Waals surface area (Å²) in [4.78, 5) is 12.2. The lowest BCUT2D eigenvalue weighted by Gasteiger charge is -2.19. The standard InChI is InChI=1S/C13H19O4P/c1-4-16-18(15,17-5-2)13(14)11(3)12-9-7-6-8-10-12/h6-11H,4-5H2,1-3H3. The maximum atomic E-state index is 12.3. The maximum Gasteiger partial charge on any atom is 0.397 e. The van der Waals surface area contributed by atoms with Crippen LogP contribution in [0.1, 0.15) is 32.3 Å². The largest absolute Gasteiger partial charge is 0.397 e. The summed E-state index contributed by atoms with van der Waals surface area (Å²) in [5.74, 6) is -0.505. The van der Waals surface area contributed by atoms with Gasteiger partial charge in [-0.25, -0.2) is 0 Å². The molecular formula is C13H19O4P. The van der Waals surface area contributed by atoms with Gasteiger partial charge in [0.1, 0.15) is 0 Å². The molecule has 5 heteroatoms. The van der Waals surface area contributed by atoms with Crippen LogP contribution in [-0.4, -0.2) is 18.7 Å². The Balaban J connectivity index is 2.94. The van der Waals surface area contributed by atoms with Crippen LogP contribution < -0.4 is 0 Å². The quantitative estimate of drug-likeness (QED) is 0.710. The lowest BCUT2D eigenvalue weighted by molar-refractivity contribution is -0.115. The highest BCUT2D eigenvalue weighted by Gasteiger charge is 2.38. The Morgan fingerprint density at radius 3 is 2.11 bits per heavy atom. The number of benzene rings is 1. The van der Waals surface area contributed by atoms with E-state index in [2.05, 4.69) is 0 Å². The summed E-state index contributed by atoms with van der Waals surface area (Å²) < 4.78 is 22.5. The van der Waals surface area contributed by atoms with Crippen LogP contribution in [0.15, 0.2) is 30.3 Å². The third-order valence-corrected chi connectivity index (χ3v) is 4.66. The molecule has 0 amide bonds. The average Bonchev–Trinajstić information content (AvgIpc) is 2.38. The second kappa shape index (κ2) is 6.83. The zero-order valence-electron chi connectivity index (χ0n) is 11.0. The first kappa shape index (κ1) is 15.1.